The van der Waals surface area contributed by atoms with Gasteiger partial charge in [-0.25, -0.2) is 0 Å². The van der Waals surface area contributed by atoms with Crippen molar-refractivity contribution in [2.45, 2.75) is 13.8 Å². The summed E-state index contributed by atoms with van der Waals surface area (Å²) in [5.41, 5.74) is 1.19. The Morgan fingerprint density at radius 1 is 1.20 bits per heavy atom. The van der Waals surface area contributed by atoms with Gasteiger partial charge in [0, 0.05) is 11.6 Å². The number of amides is 1. The van der Waals surface area contributed by atoms with Gasteiger partial charge < -0.3 is 14.8 Å². The summed E-state index contributed by atoms with van der Waals surface area (Å²) in [6.07, 6.45) is 1.70. The van der Waals surface area contributed by atoms with Crippen LogP contribution in [0.3, 0.4) is 0 Å². The summed E-state index contributed by atoms with van der Waals surface area (Å²) in [5.74, 6) is 1.15. The molecule has 0 atom stereocenters. The van der Waals surface area contributed by atoms with Crippen LogP contribution in [-0.4, -0.2) is 24.2 Å². The molecule has 1 aromatic carbocycles. The lowest BCUT2D eigenvalue weighted by Crippen LogP contribution is -2.21. The predicted octanol–water partition coefficient (Wildman–Crippen LogP) is 1.83. The maximum Gasteiger partial charge on any atom is 0.273 e. The lowest BCUT2D eigenvalue weighted by molar-refractivity contribution is -0.115. The van der Waals surface area contributed by atoms with Crippen LogP contribution in [0.25, 0.3) is 6.08 Å². The highest BCUT2D eigenvalue weighted by Crippen LogP contribution is 2.27. The van der Waals surface area contributed by atoms with Gasteiger partial charge in [0.15, 0.2) is 5.11 Å². The van der Waals surface area contributed by atoms with Gasteiger partial charge in [0.25, 0.3) is 5.91 Å². The number of ether oxygens (including phenoxy) is 2. The summed E-state index contributed by atoms with van der Waals surface area (Å²) < 4.78 is 11.0. The number of rotatable bonds is 5. The van der Waals surface area contributed by atoms with Crippen LogP contribution >= 0.6 is 12.2 Å². The Morgan fingerprint density at radius 2 is 1.95 bits per heavy atom. The number of thiocarbonyl (C=S) groups is 1. The topological polar surface area (TPSA) is 59.6 Å². The molecule has 1 saturated heterocycles. The van der Waals surface area contributed by atoms with Crippen LogP contribution in [0, 0.1) is 0 Å². The number of carbonyl (C=O) groups excluding carboxylic acids is 1. The first-order chi connectivity index (χ1) is 9.63. The van der Waals surface area contributed by atoms with E-state index < -0.39 is 0 Å². The zero-order chi connectivity index (χ0) is 14.5. The molecule has 20 heavy (non-hydrogen) atoms. The average Bonchev–Trinajstić information content (AvgIpc) is 2.71. The molecule has 106 valence electrons. The van der Waals surface area contributed by atoms with E-state index in [-0.39, 0.29) is 5.91 Å². The van der Waals surface area contributed by atoms with E-state index in [1.54, 1.807) is 6.08 Å². The van der Waals surface area contributed by atoms with Crippen LogP contribution < -0.4 is 20.1 Å². The quantitative estimate of drug-likeness (QED) is 0.640. The molecule has 0 bridgehead atoms. The van der Waals surface area contributed by atoms with Crippen LogP contribution in [-0.2, 0) is 4.79 Å². The Bertz CT molecular complexity index is 570. The number of hydrogen-bond acceptors (Lipinski definition) is 4. The predicted molar refractivity (Wildman–Crippen MR) is 80.6 cm³/mol. The monoisotopic (exact) mass is 292 g/mol. The van der Waals surface area contributed by atoms with Crippen molar-refractivity contribution in [2.24, 2.45) is 0 Å². The molecule has 0 aromatic heterocycles. The smallest absolute Gasteiger partial charge is 0.273 e. The summed E-state index contributed by atoms with van der Waals surface area (Å²) in [5, 5.41) is 5.63. The van der Waals surface area contributed by atoms with Crippen molar-refractivity contribution in [3.05, 3.63) is 29.5 Å². The zero-order valence-corrected chi connectivity index (χ0v) is 12.2. The molecular formula is C14H16N2O3S. The molecule has 2 rings (SSSR count). The van der Waals surface area contributed by atoms with E-state index in [2.05, 4.69) is 10.6 Å². The van der Waals surface area contributed by atoms with E-state index in [4.69, 9.17) is 21.7 Å². The molecule has 1 heterocycles. The molecule has 1 aromatic rings. The van der Waals surface area contributed by atoms with E-state index in [0.717, 1.165) is 11.3 Å². The molecule has 2 N–H and O–H groups in total. The fourth-order valence-electron chi connectivity index (χ4n) is 1.81. The van der Waals surface area contributed by atoms with Crippen LogP contribution in [0.2, 0.25) is 0 Å². The number of nitrogens with one attached hydrogen (secondary N) is 2. The van der Waals surface area contributed by atoms with Crippen LogP contribution in [0.15, 0.2) is 23.9 Å². The second-order valence-corrected chi connectivity index (χ2v) is 4.44. The van der Waals surface area contributed by atoms with E-state index in [1.807, 2.05) is 32.0 Å². The van der Waals surface area contributed by atoms with Gasteiger partial charge in [-0.05, 0) is 44.3 Å². The van der Waals surface area contributed by atoms with Crippen molar-refractivity contribution in [1.29, 1.82) is 0 Å². The van der Waals surface area contributed by atoms with Gasteiger partial charge >= 0.3 is 0 Å². The van der Waals surface area contributed by atoms with E-state index in [9.17, 15) is 4.79 Å². The van der Waals surface area contributed by atoms with Crippen molar-refractivity contribution >= 4 is 29.3 Å². The van der Waals surface area contributed by atoms with E-state index in [1.165, 1.54) is 0 Å². The lowest BCUT2D eigenvalue weighted by atomic mass is 10.1. The summed E-state index contributed by atoms with van der Waals surface area (Å²) in [7, 11) is 0. The molecule has 0 spiro atoms. The first kappa shape index (κ1) is 14.3. The maximum absolute atomic E-state index is 11.6. The van der Waals surface area contributed by atoms with Crippen molar-refractivity contribution in [2.75, 3.05) is 13.2 Å². The fourth-order valence-corrected chi connectivity index (χ4v) is 2.01. The summed E-state index contributed by atoms with van der Waals surface area (Å²) in [4.78, 5) is 11.6. The van der Waals surface area contributed by atoms with Gasteiger partial charge in [0.1, 0.15) is 17.2 Å². The third-order valence-electron chi connectivity index (χ3n) is 2.62. The van der Waals surface area contributed by atoms with Crippen LogP contribution in [0.1, 0.15) is 19.4 Å². The first-order valence-electron chi connectivity index (χ1n) is 6.37. The third-order valence-corrected chi connectivity index (χ3v) is 2.82. The highest BCUT2D eigenvalue weighted by molar-refractivity contribution is 7.80. The van der Waals surface area contributed by atoms with Gasteiger partial charge in [-0.15, -0.1) is 0 Å². The Morgan fingerprint density at radius 3 is 2.55 bits per heavy atom. The molecule has 5 nitrogen and oxygen atoms in total. The number of hydrogen-bond donors (Lipinski definition) is 2. The summed E-state index contributed by atoms with van der Waals surface area (Å²) in [6.45, 7) is 4.94. The van der Waals surface area contributed by atoms with Crippen molar-refractivity contribution in [3.8, 4) is 11.5 Å². The largest absolute Gasteiger partial charge is 0.494 e. The SMILES string of the molecule is CCOc1ccc(/C=C2/NC(=S)NC2=O)c(OCC)c1. The van der Waals surface area contributed by atoms with Crippen LogP contribution in [0.4, 0.5) is 0 Å². The molecular weight excluding hydrogens is 276 g/mol. The van der Waals surface area contributed by atoms with Crippen LogP contribution in [0.5, 0.6) is 11.5 Å². The highest BCUT2D eigenvalue weighted by atomic mass is 32.1. The van der Waals surface area contributed by atoms with Gasteiger partial charge in [0.05, 0.1) is 13.2 Å². The molecule has 1 aliphatic heterocycles. The second-order valence-electron chi connectivity index (χ2n) is 4.03. The van der Waals surface area contributed by atoms with Gasteiger partial charge in [-0.2, -0.15) is 0 Å². The van der Waals surface area contributed by atoms with Gasteiger partial charge in [-0.1, -0.05) is 0 Å². The molecule has 1 amide bonds. The van der Waals surface area contributed by atoms with Gasteiger partial charge in [-0.3, -0.25) is 10.1 Å². The number of carbonyl (C=O) groups is 1. The zero-order valence-electron chi connectivity index (χ0n) is 11.4. The second kappa shape index (κ2) is 6.38. The first-order valence-corrected chi connectivity index (χ1v) is 6.78. The van der Waals surface area contributed by atoms with Crippen molar-refractivity contribution < 1.29 is 14.3 Å². The summed E-state index contributed by atoms with van der Waals surface area (Å²) in [6, 6.07) is 5.49. The molecule has 1 fully saturated rings. The molecule has 1 aliphatic rings. The standard InChI is InChI=1S/C14H16N2O3S/c1-3-18-10-6-5-9(12(8-10)19-4-2)7-11-13(17)16-14(20)15-11/h5-8H,3-4H2,1-2H3,(H2,15,16,17,20)/b11-7+. The average molecular weight is 292 g/mol. The fraction of sp³-hybridized carbons (Fsp3) is 0.286. The lowest BCUT2D eigenvalue weighted by Gasteiger charge is -2.10. The Labute approximate surface area is 123 Å². The minimum absolute atomic E-state index is 0.244. The normalized spacial score (nSPS) is 16.0. The molecule has 0 radical (unpaired) electrons. The Hall–Kier alpha value is -2.08. The minimum Gasteiger partial charge on any atom is -0.494 e. The highest BCUT2D eigenvalue weighted by Gasteiger charge is 2.20. The molecule has 6 heteroatoms. The Balaban J connectivity index is 2.33. The minimum atomic E-state index is -0.244. The van der Waals surface area contributed by atoms with E-state index in [0.29, 0.717) is 29.8 Å². The maximum atomic E-state index is 11.6. The molecule has 0 saturated carbocycles. The van der Waals surface area contributed by atoms with Gasteiger partial charge in [0.2, 0.25) is 0 Å². The Kier molecular flexibility index (Phi) is 4.57. The van der Waals surface area contributed by atoms with Crippen molar-refractivity contribution in [3.63, 3.8) is 0 Å². The summed E-state index contributed by atoms with van der Waals surface area (Å²) >= 11 is 4.89. The number of benzene rings is 1. The van der Waals surface area contributed by atoms with Crippen molar-refractivity contribution in [1.82, 2.24) is 10.6 Å². The van der Waals surface area contributed by atoms with E-state index >= 15 is 0 Å². The molecule has 0 aliphatic carbocycles. The third kappa shape index (κ3) is 3.27. The molecule has 0 unspecified atom stereocenters.